The minimum atomic E-state index is -0.0975. The lowest BCUT2D eigenvalue weighted by molar-refractivity contribution is 0.0932. The zero-order valence-corrected chi connectivity index (χ0v) is 12.4. The van der Waals surface area contributed by atoms with E-state index >= 15 is 0 Å². The molecule has 22 heavy (non-hydrogen) atoms. The SMILES string of the molecule is CC1CC(NC(=O)c2ccc(Oc3ccccc3)cc2)NN1. The van der Waals surface area contributed by atoms with Crippen LogP contribution < -0.4 is 20.9 Å². The van der Waals surface area contributed by atoms with Crippen molar-refractivity contribution >= 4 is 5.91 Å². The summed E-state index contributed by atoms with van der Waals surface area (Å²) in [5.74, 6) is 1.38. The van der Waals surface area contributed by atoms with Crippen LogP contribution in [0.4, 0.5) is 0 Å². The van der Waals surface area contributed by atoms with E-state index in [1.807, 2.05) is 30.3 Å². The number of amides is 1. The van der Waals surface area contributed by atoms with Gasteiger partial charge < -0.3 is 10.1 Å². The summed E-state index contributed by atoms with van der Waals surface area (Å²) in [6.07, 6.45) is 0.823. The third-order valence-electron chi connectivity index (χ3n) is 3.49. The first-order valence-corrected chi connectivity index (χ1v) is 7.35. The van der Waals surface area contributed by atoms with Crippen LogP contribution in [-0.2, 0) is 0 Å². The molecular formula is C17H19N3O2. The fourth-order valence-electron chi connectivity index (χ4n) is 2.35. The molecule has 2 aromatic carbocycles. The van der Waals surface area contributed by atoms with E-state index < -0.39 is 0 Å². The first kappa shape index (κ1) is 14.6. The molecule has 0 aromatic heterocycles. The van der Waals surface area contributed by atoms with Crippen molar-refractivity contribution in [1.29, 1.82) is 0 Å². The van der Waals surface area contributed by atoms with Crippen LogP contribution in [0.2, 0.25) is 0 Å². The van der Waals surface area contributed by atoms with Crippen molar-refractivity contribution in [1.82, 2.24) is 16.2 Å². The Labute approximate surface area is 129 Å². The van der Waals surface area contributed by atoms with Crippen LogP contribution in [-0.4, -0.2) is 18.1 Å². The minimum Gasteiger partial charge on any atom is -0.457 e. The molecule has 0 radical (unpaired) electrons. The van der Waals surface area contributed by atoms with Crippen molar-refractivity contribution in [3.05, 3.63) is 60.2 Å². The number of carbonyl (C=O) groups is 1. The molecule has 1 aliphatic rings. The third-order valence-corrected chi connectivity index (χ3v) is 3.49. The first-order valence-electron chi connectivity index (χ1n) is 7.35. The van der Waals surface area contributed by atoms with Crippen LogP contribution in [0.15, 0.2) is 54.6 Å². The molecule has 1 aliphatic heterocycles. The van der Waals surface area contributed by atoms with Gasteiger partial charge in [0.05, 0.1) is 6.17 Å². The van der Waals surface area contributed by atoms with Crippen molar-refractivity contribution in [2.24, 2.45) is 0 Å². The molecule has 2 unspecified atom stereocenters. The maximum atomic E-state index is 12.2. The maximum Gasteiger partial charge on any atom is 0.252 e. The second kappa shape index (κ2) is 6.60. The number of hydrazine groups is 1. The summed E-state index contributed by atoms with van der Waals surface area (Å²) >= 11 is 0. The van der Waals surface area contributed by atoms with Crippen molar-refractivity contribution < 1.29 is 9.53 Å². The van der Waals surface area contributed by atoms with E-state index in [9.17, 15) is 4.79 Å². The molecule has 1 heterocycles. The fraction of sp³-hybridized carbons (Fsp3) is 0.235. The minimum absolute atomic E-state index is 0.0391. The zero-order valence-electron chi connectivity index (χ0n) is 12.4. The molecule has 3 N–H and O–H groups in total. The maximum absolute atomic E-state index is 12.2. The van der Waals surface area contributed by atoms with Gasteiger partial charge in [0.2, 0.25) is 0 Å². The first-order chi connectivity index (χ1) is 10.7. The van der Waals surface area contributed by atoms with Gasteiger partial charge in [-0.05, 0) is 49.7 Å². The number of nitrogens with one attached hydrogen (secondary N) is 3. The quantitative estimate of drug-likeness (QED) is 0.811. The molecule has 1 saturated heterocycles. The lowest BCUT2D eigenvalue weighted by atomic mass is 10.2. The summed E-state index contributed by atoms with van der Waals surface area (Å²) in [6.45, 7) is 2.06. The van der Waals surface area contributed by atoms with E-state index in [0.29, 0.717) is 17.4 Å². The van der Waals surface area contributed by atoms with Gasteiger partial charge in [0.25, 0.3) is 5.91 Å². The van der Waals surface area contributed by atoms with Gasteiger partial charge in [-0.2, -0.15) is 0 Å². The van der Waals surface area contributed by atoms with Gasteiger partial charge >= 0.3 is 0 Å². The summed E-state index contributed by atoms with van der Waals surface area (Å²) in [4.78, 5) is 12.2. The van der Waals surface area contributed by atoms with E-state index in [1.54, 1.807) is 24.3 Å². The number of benzene rings is 2. The molecule has 114 valence electrons. The molecule has 5 nitrogen and oxygen atoms in total. The Hall–Kier alpha value is -2.37. The molecule has 0 aliphatic carbocycles. The van der Waals surface area contributed by atoms with Crippen molar-refractivity contribution in [3.63, 3.8) is 0 Å². The summed E-state index contributed by atoms with van der Waals surface area (Å²) in [7, 11) is 0. The molecule has 0 saturated carbocycles. The highest BCUT2D eigenvalue weighted by molar-refractivity contribution is 5.94. The van der Waals surface area contributed by atoms with Gasteiger partial charge in [0, 0.05) is 11.6 Å². The van der Waals surface area contributed by atoms with Crippen LogP contribution in [0.5, 0.6) is 11.5 Å². The van der Waals surface area contributed by atoms with E-state index in [0.717, 1.165) is 12.2 Å². The molecule has 1 fully saturated rings. The normalized spacial score (nSPS) is 20.6. The number of para-hydroxylation sites is 1. The summed E-state index contributed by atoms with van der Waals surface area (Å²) in [5, 5.41) is 2.94. The van der Waals surface area contributed by atoms with Gasteiger partial charge in [0.15, 0.2) is 0 Å². The Bertz CT molecular complexity index is 628. The van der Waals surface area contributed by atoms with Crippen LogP contribution in [0.1, 0.15) is 23.7 Å². The van der Waals surface area contributed by atoms with E-state index in [-0.39, 0.29) is 12.1 Å². The van der Waals surface area contributed by atoms with Crippen molar-refractivity contribution in [2.45, 2.75) is 25.6 Å². The van der Waals surface area contributed by atoms with E-state index in [1.165, 1.54) is 0 Å². The Balaban J connectivity index is 1.60. The Morgan fingerprint density at radius 3 is 2.36 bits per heavy atom. The Kier molecular flexibility index (Phi) is 4.37. The van der Waals surface area contributed by atoms with Crippen LogP contribution in [0, 0.1) is 0 Å². The second-order valence-corrected chi connectivity index (χ2v) is 5.39. The number of hydrogen-bond acceptors (Lipinski definition) is 4. The molecule has 3 rings (SSSR count). The van der Waals surface area contributed by atoms with Gasteiger partial charge in [-0.1, -0.05) is 18.2 Å². The monoisotopic (exact) mass is 297 g/mol. The second-order valence-electron chi connectivity index (χ2n) is 5.39. The predicted octanol–water partition coefficient (Wildman–Crippen LogP) is 2.42. The van der Waals surface area contributed by atoms with Gasteiger partial charge in [-0.3, -0.25) is 10.2 Å². The van der Waals surface area contributed by atoms with Gasteiger partial charge in [-0.25, -0.2) is 5.43 Å². The number of carbonyl (C=O) groups excluding carboxylic acids is 1. The molecule has 2 atom stereocenters. The molecule has 5 heteroatoms. The molecule has 1 amide bonds. The number of rotatable bonds is 4. The van der Waals surface area contributed by atoms with Crippen LogP contribution >= 0.6 is 0 Å². The largest absolute Gasteiger partial charge is 0.457 e. The molecule has 0 spiro atoms. The van der Waals surface area contributed by atoms with E-state index in [2.05, 4.69) is 23.1 Å². The average molecular weight is 297 g/mol. The number of ether oxygens (including phenoxy) is 1. The van der Waals surface area contributed by atoms with Crippen molar-refractivity contribution in [2.75, 3.05) is 0 Å². The Morgan fingerprint density at radius 1 is 1.05 bits per heavy atom. The van der Waals surface area contributed by atoms with Gasteiger partial charge in [-0.15, -0.1) is 0 Å². The highest BCUT2D eigenvalue weighted by atomic mass is 16.5. The van der Waals surface area contributed by atoms with Crippen LogP contribution in [0.25, 0.3) is 0 Å². The fourth-order valence-corrected chi connectivity index (χ4v) is 2.35. The van der Waals surface area contributed by atoms with Crippen LogP contribution in [0.3, 0.4) is 0 Å². The van der Waals surface area contributed by atoms with E-state index in [4.69, 9.17) is 4.74 Å². The smallest absolute Gasteiger partial charge is 0.252 e. The lowest BCUT2D eigenvalue weighted by Gasteiger charge is -2.12. The summed E-state index contributed by atoms with van der Waals surface area (Å²) in [6, 6.07) is 17.0. The average Bonchev–Trinajstić information content (AvgIpc) is 2.94. The zero-order chi connectivity index (χ0) is 15.4. The van der Waals surface area contributed by atoms with Crippen molar-refractivity contribution in [3.8, 4) is 11.5 Å². The lowest BCUT2D eigenvalue weighted by Crippen LogP contribution is -2.44. The highest BCUT2D eigenvalue weighted by Gasteiger charge is 2.21. The Morgan fingerprint density at radius 2 is 1.73 bits per heavy atom. The summed E-state index contributed by atoms with van der Waals surface area (Å²) < 4.78 is 5.71. The predicted molar refractivity (Wildman–Crippen MR) is 84.6 cm³/mol. The topological polar surface area (TPSA) is 62.4 Å². The molecule has 2 aromatic rings. The standard InChI is InChI=1S/C17H19N3O2/c1-12-11-16(20-19-12)18-17(21)13-7-9-15(10-8-13)22-14-5-3-2-4-6-14/h2-10,12,16,19-20H,11H2,1H3,(H,18,21). The number of hydrogen-bond donors (Lipinski definition) is 3. The highest BCUT2D eigenvalue weighted by Crippen LogP contribution is 2.21. The molecule has 0 bridgehead atoms. The molecular weight excluding hydrogens is 278 g/mol. The third kappa shape index (κ3) is 3.63. The summed E-state index contributed by atoms with van der Waals surface area (Å²) in [5.41, 5.74) is 6.74. The van der Waals surface area contributed by atoms with Gasteiger partial charge in [0.1, 0.15) is 11.5 Å².